The monoisotopic (exact) mass is 507 g/mol. The number of halogens is 2. The molecule has 1 saturated heterocycles. The van der Waals surface area contributed by atoms with E-state index in [0.717, 1.165) is 56.8 Å². The van der Waals surface area contributed by atoms with Gasteiger partial charge in [0, 0.05) is 47.5 Å². The zero-order valence-corrected chi connectivity index (χ0v) is 20.6. The molecule has 1 saturated carbocycles. The van der Waals surface area contributed by atoms with E-state index < -0.39 is 11.6 Å². The number of aromatic nitrogens is 3. The summed E-state index contributed by atoms with van der Waals surface area (Å²) in [6, 6.07) is 7.34. The summed E-state index contributed by atoms with van der Waals surface area (Å²) in [5.41, 5.74) is 2.46. The van der Waals surface area contributed by atoms with E-state index in [9.17, 15) is 13.6 Å². The van der Waals surface area contributed by atoms with Crippen molar-refractivity contribution in [2.24, 2.45) is 0 Å². The number of fused-ring (bicyclic) bond motifs is 1. The first-order valence-electron chi connectivity index (χ1n) is 12.5. The number of rotatable bonds is 5. The Balaban J connectivity index is 1.20. The molecule has 1 N–H and O–H groups in total. The second-order valence-electron chi connectivity index (χ2n) is 9.68. The molecule has 0 bridgehead atoms. The van der Waals surface area contributed by atoms with Gasteiger partial charge in [-0.1, -0.05) is 0 Å². The molecule has 36 heavy (non-hydrogen) atoms. The Morgan fingerprint density at radius 1 is 1.08 bits per heavy atom. The summed E-state index contributed by atoms with van der Waals surface area (Å²) in [6.45, 7) is 0.731. The normalized spacial score (nSPS) is 22.3. The number of carbonyl (C=O) groups is 1. The molecular weight excluding hydrogens is 480 g/mol. The van der Waals surface area contributed by atoms with Crippen LogP contribution in [0.1, 0.15) is 71.4 Å². The number of anilines is 1. The third-order valence-corrected chi connectivity index (χ3v) is 8.45. The first-order valence-corrected chi connectivity index (χ1v) is 13.3. The van der Waals surface area contributed by atoms with E-state index in [0.29, 0.717) is 22.6 Å². The van der Waals surface area contributed by atoms with Gasteiger partial charge in [-0.15, -0.1) is 11.3 Å². The van der Waals surface area contributed by atoms with Crippen LogP contribution < -0.4 is 10.2 Å². The fourth-order valence-electron chi connectivity index (χ4n) is 5.68. The number of pyridine rings is 1. The molecule has 6 rings (SSSR count). The second-order valence-corrected chi connectivity index (χ2v) is 10.6. The first kappa shape index (κ1) is 23.1. The quantitative estimate of drug-likeness (QED) is 0.367. The van der Waals surface area contributed by atoms with Crippen molar-refractivity contribution in [3.05, 3.63) is 82.1 Å². The van der Waals surface area contributed by atoms with E-state index in [1.807, 2.05) is 29.9 Å². The molecule has 1 aliphatic carbocycles. The Labute approximate surface area is 212 Å². The number of hydrogen-bond donors (Lipinski definition) is 1. The summed E-state index contributed by atoms with van der Waals surface area (Å²) in [6.07, 6.45) is 10.8. The van der Waals surface area contributed by atoms with Crippen molar-refractivity contribution >= 4 is 28.4 Å². The lowest BCUT2D eigenvalue weighted by molar-refractivity contribution is 0.0927. The van der Waals surface area contributed by atoms with Gasteiger partial charge in [-0.3, -0.25) is 4.79 Å². The zero-order valence-electron chi connectivity index (χ0n) is 19.7. The summed E-state index contributed by atoms with van der Waals surface area (Å²) in [7, 11) is 0. The Morgan fingerprint density at radius 2 is 1.94 bits per heavy atom. The highest BCUT2D eigenvalue weighted by Gasteiger charge is 2.30. The van der Waals surface area contributed by atoms with E-state index in [1.54, 1.807) is 22.0 Å². The summed E-state index contributed by atoms with van der Waals surface area (Å²) in [5, 5.41) is 10.8. The summed E-state index contributed by atoms with van der Waals surface area (Å²) in [4.78, 5) is 19.8. The number of benzene rings is 1. The average molecular weight is 508 g/mol. The van der Waals surface area contributed by atoms with Gasteiger partial charge in [-0.05, 0) is 68.9 Å². The third-order valence-electron chi connectivity index (χ3n) is 7.51. The van der Waals surface area contributed by atoms with Crippen molar-refractivity contribution in [2.75, 3.05) is 11.4 Å². The van der Waals surface area contributed by atoms with Crippen LogP contribution in [0.3, 0.4) is 0 Å². The first-order chi connectivity index (χ1) is 17.6. The molecule has 1 atom stereocenters. The summed E-state index contributed by atoms with van der Waals surface area (Å²) < 4.78 is 30.1. The number of nitrogens with one attached hydrogen (secondary N) is 1. The lowest BCUT2D eigenvalue weighted by Crippen LogP contribution is -2.37. The molecule has 0 radical (unpaired) electrons. The van der Waals surface area contributed by atoms with Crippen LogP contribution in [0.15, 0.2) is 54.3 Å². The van der Waals surface area contributed by atoms with Gasteiger partial charge >= 0.3 is 0 Å². The van der Waals surface area contributed by atoms with Crippen LogP contribution in [0.4, 0.5) is 14.5 Å². The highest BCUT2D eigenvalue weighted by Crippen LogP contribution is 2.38. The van der Waals surface area contributed by atoms with Crippen molar-refractivity contribution < 1.29 is 13.6 Å². The molecule has 4 heterocycles. The SMILES string of the molecule is O=C(NC1CCC(c2nccs2)CC1)c1cnn2ccc(N3CCC[C@@H]3c3cc(F)ccc3F)cc12. The molecule has 0 spiro atoms. The molecule has 6 nitrogen and oxygen atoms in total. The Bertz CT molecular complexity index is 1380. The molecule has 9 heteroatoms. The minimum absolute atomic E-state index is 0.130. The van der Waals surface area contributed by atoms with Gasteiger partial charge in [0.25, 0.3) is 5.91 Å². The van der Waals surface area contributed by atoms with Crippen molar-refractivity contribution in [3.63, 3.8) is 0 Å². The Morgan fingerprint density at radius 3 is 2.75 bits per heavy atom. The fourth-order valence-corrected chi connectivity index (χ4v) is 6.49. The van der Waals surface area contributed by atoms with E-state index in [-0.39, 0.29) is 18.0 Å². The molecule has 1 amide bonds. The van der Waals surface area contributed by atoms with Gasteiger partial charge in [-0.2, -0.15) is 5.10 Å². The van der Waals surface area contributed by atoms with Gasteiger partial charge in [0.15, 0.2) is 0 Å². The van der Waals surface area contributed by atoms with Crippen molar-refractivity contribution in [2.45, 2.75) is 56.5 Å². The predicted octanol–water partition coefficient (Wildman–Crippen LogP) is 5.87. The van der Waals surface area contributed by atoms with Gasteiger partial charge in [-0.25, -0.2) is 18.3 Å². The smallest absolute Gasteiger partial charge is 0.255 e. The second kappa shape index (κ2) is 9.61. The van der Waals surface area contributed by atoms with E-state index in [1.165, 1.54) is 17.1 Å². The molecule has 3 aromatic heterocycles. The maximum absolute atomic E-state index is 14.5. The maximum atomic E-state index is 14.5. The van der Waals surface area contributed by atoms with E-state index >= 15 is 0 Å². The Hall–Kier alpha value is -3.33. The molecule has 1 aromatic carbocycles. The van der Waals surface area contributed by atoms with Gasteiger partial charge in [0.2, 0.25) is 0 Å². The van der Waals surface area contributed by atoms with Gasteiger partial charge < -0.3 is 10.2 Å². The highest BCUT2D eigenvalue weighted by atomic mass is 32.1. The van der Waals surface area contributed by atoms with Crippen LogP contribution in [-0.4, -0.2) is 33.1 Å². The van der Waals surface area contributed by atoms with Crippen molar-refractivity contribution in [1.29, 1.82) is 0 Å². The molecule has 1 aliphatic heterocycles. The molecule has 4 aromatic rings. The van der Waals surface area contributed by atoms with Crippen LogP contribution in [-0.2, 0) is 0 Å². The molecule has 0 unspecified atom stereocenters. The minimum atomic E-state index is -0.441. The number of thiazole rings is 1. The van der Waals surface area contributed by atoms with Gasteiger partial charge in [0.05, 0.1) is 28.3 Å². The van der Waals surface area contributed by atoms with Crippen LogP contribution in [0.25, 0.3) is 5.52 Å². The van der Waals surface area contributed by atoms with Crippen LogP contribution in [0.2, 0.25) is 0 Å². The lowest BCUT2D eigenvalue weighted by atomic mass is 9.86. The zero-order chi connectivity index (χ0) is 24.6. The lowest BCUT2D eigenvalue weighted by Gasteiger charge is -2.28. The topological polar surface area (TPSA) is 62.5 Å². The Kier molecular flexibility index (Phi) is 6.17. The fraction of sp³-hybridized carbons (Fsp3) is 0.370. The molecule has 2 aliphatic rings. The van der Waals surface area contributed by atoms with Crippen LogP contribution in [0.5, 0.6) is 0 Å². The third kappa shape index (κ3) is 4.36. The molecule has 186 valence electrons. The van der Waals surface area contributed by atoms with E-state index in [4.69, 9.17) is 0 Å². The van der Waals surface area contributed by atoms with Crippen LogP contribution >= 0.6 is 11.3 Å². The minimum Gasteiger partial charge on any atom is -0.364 e. The van der Waals surface area contributed by atoms with Crippen molar-refractivity contribution in [1.82, 2.24) is 19.9 Å². The summed E-state index contributed by atoms with van der Waals surface area (Å²) in [5.74, 6) is -0.490. The number of hydrogen-bond acceptors (Lipinski definition) is 5. The van der Waals surface area contributed by atoms with E-state index in [2.05, 4.69) is 20.3 Å². The number of carbonyl (C=O) groups excluding carboxylic acids is 1. The van der Waals surface area contributed by atoms with Gasteiger partial charge in [0.1, 0.15) is 11.6 Å². The van der Waals surface area contributed by atoms with Crippen molar-refractivity contribution in [3.8, 4) is 0 Å². The highest BCUT2D eigenvalue weighted by molar-refractivity contribution is 7.09. The van der Waals surface area contributed by atoms with Crippen LogP contribution in [0, 0.1) is 11.6 Å². The molecular formula is C27H27F2N5OS. The largest absolute Gasteiger partial charge is 0.364 e. The summed E-state index contributed by atoms with van der Waals surface area (Å²) >= 11 is 1.70. The average Bonchev–Trinajstić information content (AvgIpc) is 3.66. The maximum Gasteiger partial charge on any atom is 0.255 e. The standard InChI is InChI=1S/C27H27F2N5OS/c28-18-5-8-23(29)21(14-18)24-2-1-11-33(24)20-9-12-34-25(15-20)22(16-31-34)26(35)32-19-6-3-17(4-7-19)27-30-10-13-36-27/h5,8-10,12-17,19,24H,1-4,6-7,11H2,(H,32,35)/t17?,19?,24-/m1/s1. The number of nitrogens with zero attached hydrogens (tertiary/aromatic N) is 4. The molecule has 2 fully saturated rings. The predicted molar refractivity (Wildman–Crippen MR) is 135 cm³/mol. The number of amides is 1.